The Morgan fingerprint density at radius 1 is 1.07 bits per heavy atom. The van der Waals surface area contributed by atoms with E-state index in [0.29, 0.717) is 38.2 Å². The van der Waals surface area contributed by atoms with Crippen molar-refractivity contribution in [3.63, 3.8) is 0 Å². The quantitative estimate of drug-likeness (QED) is 0.660. The van der Waals surface area contributed by atoms with Crippen molar-refractivity contribution in [1.82, 2.24) is 10.6 Å². The second-order valence-corrected chi connectivity index (χ2v) is 7.68. The van der Waals surface area contributed by atoms with Crippen molar-refractivity contribution < 1.29 is 19.1 Å². The standard InChI is InChI=1S/C22H26N2O4S/c1-29-14-10-18(24-21(25)17-5-3-2-4-6-17)22(26)23-11-9-16-7-8-19-20(15-16)28-13-12-27-19/h2-8,15,18H,9-14H2,1H3,(H,23,26)(H,24,25)/t18-/m1/s1. The maximum absolute atomic E-state index is 12.7. The molecule has 2 aromatic rings. The predicted octanol–water partition coefficient (Wildman–Crippen LogP) is 2.67. The summed E-state index contributed by atoms with van der Waals surface area (Å²) in [7, 11) is 0. The number of amides is 2. The summed E-state index contributed by atoms with van der Waals surface area (Å²) < 4.78 is 11.1. The first-order valence-corrected chi connectivity index (χ1v) is 11.1. The second kappa shape index (κ2) is 10.8. The van der Waals surface area contributed by atoms with Gasteiger partial charge in [-0.3, -0.25) is 9.59 Å². The molecule has 2 amide bonds. The summed E-state index contributed by atoms with van der Waals surface area (Å²) in [5.74, 6) is 1.88. The average Bonchev–Trinajstić information content (AvgIpc) is 2.77. The van der Waals surface area contributed by atoms with Gasteiger partial charge in [-0.15, -0.1) is 0 Å². The van der Waals surface area contributed by atoms with Crippen LogP contribution in [0.1, 0.15) is 22.3 Å². The van der Waals surface area contributed by atoms with Crippen LogP contribution in [-0.4, -0.2) is 49.6 Å². The Balaban J connectivity index is 1.53. The first-order chi connectivity index (χ1) is 14.2. The molecule has 0 fully saturated rings. The molecule has 6 nitrogen and oxygen atoms in total. The molecule has 0 saturated carbocycles. The van der Waals surface area contributed by atoms with Gasteiger partial charge >= 0.3 is 0 Å². The Morgan fingerprint density at radius 2 is 1.83 bits per heavy atom. The van der Waals surface area contributed by atoms with E-state index < -0.39 is 6.04 Å². The van der Waals surface area contributed by atoms with Crippen molar-refractivity contribution in [2.45, 2.75) is 18.9 Å². The van der Waals surface area contributed by atoms with Gasteiger partial charge in [0, 0.05) is 12.1 Å². The number of thioether (sulfide) groups is 1. The minimum atomic E-state index is -0.560. The largest absolute Gasteiger partial charge is 0.486 e. The molecule has 29 heavy (non-hydrogen) atoms. The lowest BCUT2D eigenvalue weighted by Gasteiger charge is -2.20. The number of benzene rings is 2. The minimum absolute atomic E-state index is 0.166. The van der Waals surface area contributed by atoms with E-state index in [-0.39, 0.29) is 11.8 Å². The molecule has 0 radical (unpaired) electrons. The van der Waals surface area contributed by atoms with Gasteiger partial charge in [-0.1, -0.05) is 24.3 Å². The number of carbonyl (C=O) groups is 2. The molecule has 0 unspecified atom stereocenters. The molecule has 1 atom stereocenters. The maximum atomic E-state index is 12.7. The van der Waals surface area contributed by atoms with Gasteiger partial charge in [-0.2, -0.15) is 11.8 Å². The third kappa shape index (κ3) is 6.15. The summed E-state index contributed by atoms with van der Waals surface area (Å²) in [6.45, 7) is 1.59. The first-order valence-electron chi connectivity index (χ1n) is 9.68. The Labute approximate surface area is 175 Å². The molecule has 1 aliphatic heterocycles. The van der Waals surface area contributed by atoms with Crippen LogP contribution in [0.2, 0.25) is 0 Å². The molecule has 7 heteroatoms. The molecule has 154 valence electrons. The van der Waals surface area contributed by atoms with Gasteiger partial charge in [0.2, 0.25) is 5.91 Å². The lowest BCUT2D eigenvalue weighted by molar-refractivity contribution is -0.122. The van der Waals surface area contributed by atoms with Crippen LogP contribution in [0.5, 0.6) is 11.5 Å². The Hall–Kier alpha value is -2.67. The van der Waals surface area contributed by atoms with Gasteiger partial charge in [-0.05, 0) is 54.7 Å². The molecule has 0 aromatic heterocycles. The maximum Gasteiger partial charge on any atom is 0.251 e. The summed E-state index contributed by atoms with van der Waals surface area (Å²) >= 11 is 1.65. The van der Waals surface area contributed by atoms with Gasteiger partial charge in [0.05, 0.1) is 0 Å². The Kier molecular flexibility index (Phi) is 7.81. The third-order valence-corrected chi connectivity index (χ3v) is 5.23. The van der Waals surface area contributed by atoms with Crippen molar-refractivity contribution >= 4 is 23.6 Å². The highest BCUT2D eigenvalue weighted by Crippen LogP contribution is 2.30. The molecule has 1 heterocycles. The minimum Gasteiger partial charge on any atom is -0.486 e. The van der Waals surface area contributed by atoms with Gasteiger partial charge in [0.1, 0.15) is 19.3 Å². The van der Waals surface area contributed by atoms with E-state index in [9.17, 15) is 9.59 Å². The van der Waals surface area contributed by atoms with E-state index in [1.165, 1.54) is 0 Å². The summed E-state index contributed by atoms with van der Waals surface area (Å²) in [5, 5.41) is 5.80. The highest BCUT2D eigenvalue weighted by molar-refractivity contribution is 7.98. The number of carbonyl (C=O) groups excluding carboxylic acids is 2. The van der Waals surface area contributed by atoms with E-state index in [1.54, 1.807) is 36.0 Å². The molecule has 1 aliphatic rings. The normalized spacial score (nSPS) is 13.4. The smallest absolute Gasteiger partial charge is 0.251 e. The van der Waals surface area contributed by atoms with Crippen molar-refractivity contribution in [2.75, 3.05) is 31.8 Å². The van der Waals surface area contributed by atoms with Crippen LogP contribution in [-0.2, 0) is 11.2 Å². The molecular formula is C22H26N2O4S. The summed E-state index contributed by atoms with van der Waals surface area (Å²) in [4.78, 5) is 25.1. The molecule has 2 N–H and O–H groups in total. The number of nitrogens with one attached hydrogen (secondary N) is 2. The fraction of sp³-hybridized carbons (Fsp3) is 0.364. The number of hydrogen-bond donors (Lipinski definition) is 2. The van der Waals surface area contributed by atoms with E-state index in [0.717, 1.165) is 22.8 Å². The van der Waals surface area contributed by atoms with Gasteiger partial charge < -0.3 is 20.1 Å². The zero-order valence-corrected chi connectivity index (χ0v) is 17.3. The van der Waals surface area contributed by atoms with Gasteiger partial charge in [0.25, 0.3) is 5.91 Å². The number of ether oxygens (including phenoxy) is 2. The van der Waals surface area contributed by atoms with Crippen LogP contribution in [0.3, 0.4) is 0 Å². The van der Waals surface area contributed by atoms with Crippen molar-refractivity contribution in [2.24, 2.45) is 0 Å². The average molecular weight is 415 g/mol. The Bertz CT molecular complexity index is 829. The number of fused-ring (bicyclic) bond motifs is 1. The van der Waals surface area contributed by atoms with Crippen LogP contribution >= 0.6 is 11.8 Å². The highest BCUT2D eigenvalue weighted by Gasteiger charge is 2.21. The number of hydrogen-bond acceptors (Lipinski definition) is 5. The first kappa shape index (κ1) is 21.0. The zero-order valence-electron chi connectivity index (χ0n) is 16.5. The van der Waals surface area contributed by atoms with Gasteiger partial charge in [-0.25, -0.2) is 0 Å². The second-order valence-electron chi connectivity index (χ2n) is 6.69. The van der Waals surface area contributed by atoms with Crippen LogP contribution < -0.4 is 20.1 Å². The molecule has 0 aliphatic carbocycles. The molecule has 0 saturated heterocycles. The lowest BCUT2D eigenvalue weighted by Crippen LogP contribution is -2.47. The van der Waals surface area contributed by atoms with Crippen LogP contribution in [0, 0.1) is 0 Å². The highest BCUT2D eigenvalue weighted by atomic mass is 32.2. The lowest BCUT2D eigenvalue weighted by atomic mass is 10.1. The van der Waals surface area contributed by atoms with E-state index in [1.807, 2.05) is 30.5 Å². The Morgan fingerprint density at radius 3 is 2.59 bits per heavy atom. The van der Waals surface area contributed by atoms with Crippen molar-refractivity contribution in [1.29, 1.82) is 0 Å². The zero-order chi connectivity index (χ0) is 20.5. The molecular weight excluding hydrogens is 388 g/mol. The van der Waals surface area contributed by atoms with Crippen LogP contribution in [0.15, 0.2) is 48.5 Å². The molecule has 0 spiro atoms. The molecule has 0 bridgehead atoms. The summed E-state index contributed by atoms with van der Waals surface area (Å²) in [6.07, 6.45) is 3.23. The van der Waals surface area contributed by atoms with E-state index >= 15 is 0 Å². The van der Waals surface area contributed by atoms with E-state index in [2.05, 4.69) is 10.6 Å². The third-order valence-electron chi connectivity index (χ3n) is 4.59. The van der Waals surface area contributed by atoms with E-state index in [4.69, 9.17) is 9.47 Å². The summed E-state index contributed by atoms with van der Waals surface area (Å²) in [6, 6.07) is 14.2. The van der Waals surface area contributed by atoms with Crippen molar-refractivity contribution in [3.8, 4) is 11.5 Å². The molecule has 3 rings (SSSR count). The fourth-order valence-corrected chi connectivity index (χ4v) is 3.50. The topological polar surface area (TPSA) is 76.7 Å². The number of rotatable bonds is 9. The van der Waals surface area contributed by atoms with Crippen molar-refractivity contribution in [3.05, 3.63) is 59.7 Å². The molecule has 2 aromatic carbocycles. The SMILES string of the molecule is CSCC[C@@H](NC(=O)c1ccccc1)C(=O)NCCc1ccc2c(c1)OCCO2. The predicted molar refractivity (Wildman–Crippen MR) is 115 cm³/mol. The van der Waals surface area contributed by atoms with Crippen LogP contribution in [0.4, 0.5) is 0 Å². The summed E-state index contributed by atoms with van der Waals surface area (Å²) in [5.41, 5.74) is 1.61. The fourth-order valence-electron chi connectivity index (χ4n) is 3.03. The van der Waals surface area contributed by atoms with Crippen LogP contribution in [0.25, 0.3) is 0 Å². The monoisotopic (exact) mass is 414 g/mol. The van der Waals surface area contributed by atoms with Gasteiger partial charge in [0.15, 0.2) is 11.5 Å².